The number of carbonyl (C=O) groups is 1. The average molecular weight is 577 g/mol. The lowest BCUT2D eigenvalue weighted by Gasteiger charge is -2.29. The molecule has 0 bridgehead atoms. The monoisotopic (exact) mass is 575 g/mol. The van der Waals surface area contributed by atoms with Crippen LogP contribution in [0.25, 0.3) is 17.3 Å². The number of fused-ring (bicyclic) bond motifs is 1. The van der Waals surface area contributed by atoms with Crippen LogP contribution in [-0.4, -0.2) is 21.8 Å². The first-order valence-corrected chi connectivity index (χ1v) is 13.9. The van der Waals surface area contributed by atoms with E-state index >= 15 is 0 Å². The van der Waals surface area contributed by atoms with Crippen LogP contribution in [0.15, 0.2) is 88.0 Å². The normalized spacial score (nSPS) is 19.7. The molecule has 0 spiro atoms. The number of allylic oxidation sites excluding steroid dienone is 1. The summed E-state index contributed by atoms with van der Waals surface area (Å²) in [6.07, 6.45) is 4.93. The molecule has 4 aromatic rings. The molecule has 2 heterocycles. The molecule has 3 aromatic carbocycles. The first-order valence-electron chi connectivity index (χ1n) is 12.8. The summed E-state index contributed by atoms with van der Waals surface area (Å²) in [5.41, 5.74) is 5.46. The topological polar surface area (TPSA) is 58.7 Å². The SMILES string of the molecule is Cc1onc(-c2ccccc2Cl)c1C(=O)N1N=C2/C(=C\c3ccc(Cl)cc3)CCC[C@H]2[C@@H]1c1ccc(Cl)cc1. The standard InChI is InChI=1S/C31H24Cl3N3O2/c1-18-27(29(36-39-18)24-6-2-3-8-26(24)34)31(38)37-30(20-11-15-23(33)16-12-20)25-7-4-5-21(28(25)35-37)17-19-9-13-22(32)14-10-19/h2-3,6,8-17,25,30H,4-5,7H2,1H3/b21-17-/t25-,30+/m1/s1. The Morgan fingerprint density at radius 3 is 2.38 bits per heavy atom. The van der Waals surface area contributed by atoms with E-state index in [9.17, 15) is 4.79 Å². The third-order valence-electron chi connectivity index (χ3n) is 7.34. The molecule has 39 heavy (non-hydrogen) atoms. The lowest BCUT2D eigenvalue weighted by atomic mass is 9.77. The molecule has 1 aliphatic heterocycles. The van der Waals surface area contributed by atoms with Crippen molar-refractivity contribution in [1.29, 1.82) is 0 Å². The lowest BCUT2D eigenvalue weighted by molar-refractivity contribution is 0.0679. The van der Waals surface area contributed by atoms with Gasteiger partial charge < -0.3 is 4.52 Å². The van der Waals surface area contributed by atoms with Crippen molar-refractivity contribution in [3.63, 3.8) is 0 Å². The predicted molar refractivity (Wildman–Crippen MR) is 156 cm³/mol. The van der Waals surface area contributed by atoms with E-state index in [0.29, 0.717) is 37.6 Å². The second kappa shape index (κ2) is 10.6. The minimum atomic E-state index is -0.299. The van der Waals surface area contributed by atoms with Crippen LogP contribution in [0.3, 0.4) is 0 Å². The fourth-order valence-corrected chi connectivity index (χ4v) is 5.97. The Morgan fingerprint density at radius 1 is 0.974 bits per heavy atom. The summed E-state index contributed by atoms with van der Waals surface area (Å²) >= 11 is 18.8. The van der Waals surface area contributed by atoms with Crippen LogP contribution in [-0.2, 0) is 0 Å². The number of hydrazone groups is 1. The van der Waals surface area contributed by atoms with Gasteiger partial charge in [-0.15, -0.1) is 0 Å². The number of aryl methyl sites for hydroxylation is 1. The van der Waals surface area contributed by atoms with E-state index in [1.165, 1.54) is 0 Å². The third-order valence-corrected chi connectivity index (χ3v) is 8.17. The molecule has 1 saturated carbocycles. The summed E-state index contributed by atoms with van der Waals surface area (Å²) in [6.45, 7) is 1.74. The van der Waals surface area contributed by atoms with Crippen LogP contribution in [0, 0.1) is 12.8 Å². The Hall–Kier alpha value is -3.38. The Bertz CT molecular complexity index is 1610. The Labute approximate surface area is 241 Å². The first kappa shape index (κ1) is 25.9. The fraction of sp³-hybridized carbons (Fsp3) is 0.194. The first-order chi connectivity index (χ1) is 18.9. The van der Waals surface area contributed by atoms with Crippen molar-refractivity contribution in [2.45, 2.75) is 32.2 Å². The molecule has 5 nitrogen and oxygen atoms in total. The summed E-state index contributed by atoms with van der Waals surface area (Å²) in [4.78, 5) is 14.3. The highest BCUT2D eigenvalue weighted by Gasteiger charge is 2.45. The van der Waals surface area contributed by atoms with Crippen molar-refractivity contribution >= 4 is 52.5 Å². The number of aromatic nitrogens is 1. The second-order valence-electron chi connectivity index (χ2n) is 9.79. The Morgan fingerprint density at radius 2 is 1.67 bits per heavy atom. The maximum absolute atomic E-state index is 14.3. The van der Waals surface area contributed by atoms with Crippen molar-refractivity contribution in [2.75, 3.05) is 0 Å². The minimum absolute atomic E-state index is 0.0337. The average Bonchev–Trinajstić information content (AvgIpc) is 3.52. The molecular weight excluding hydrogens is 553 g/mol. The largest absolute Gasteiger partial charge is 0.360 e. The zero-order valence-corrected chi connectivity index (χ0v) is 23.3. The van der Waals surface area contributed by atoms with E-state index in [0.717, 1.165) is 41.7 Å². The van der Waals surface area contributed by atoms with Gasteiger partial charge in [0, 0.05) is 21.5 Å². The summed E-state index contributed by atoms with van der Waals surface area (Å²) < 4.78 is 5.53. The van der Waals surface area contributed by atoms with Gasteiger partial charge in [-0.2, -0.15) is 5.10 Å². The molecular formula is C31H24Cl3N3O2. The highest BCUT2D eigenvalue weighted by Crippen LogP contribution is 2.46. The molecule has 1 fully saturated rings. The molecule has 1 amide bonds. The van der Waals surface area contributed by atoms with Crippen molar-refractivity contribution in [3.8, 4) is 11.3 Å². The maximum atomic E-state index is 14.3. The highest BCUT2D eigenvalue weighted by molar-refractivity contribution is 6.33. The van der Waals surface area contributed by atoms with Crippen molar-refractivity contribution in [1.82, 2.24) is 10.2 Å². The number of nitrogens with zero attached hydrogens (tertiary/aromatic N) is 3. The van der Waals surface area contributed by atoms with E-state index in [1.807, 2.05) is 66.7 Å². The number of hydrogen-bond acceptors (Lipinski definition) is 4. The van der Waals surface area contributed by atoms with Gasteiger partial charge in [0.1, 0.15) is 17.0 Å². The molecule has 0 N–H and O–H groups in total. The van der Waals surface area contributed by atoms with Crippen LogP contribution < -0.4 is 0 Å². The molecule has 8 heteroatoms. The summed E-state index contributed by atoms with van der Waals surface area (Å²) in [5, 5.41) is 12.7. The van der Waals surface area contributed by atoms with Gasteiger partial charge in [0.15, 0.2) is 0 Å². The van der Waals surface area contributed by atoms with Gasteiger partial charge in [-0.1, -0.05) is 82.4 Å². The van der Waals surface area contributed by atoms with Gasteiger partial charge in [0.05, 0.1) is 16.8 Å². The summed E-state index contributed by atoms with van der Waals surface area (Å²) in [5.74, 6) is 0.166. The summed E-state index contributed by atoms with van der Waals surface area (Å²) in [7, 11) is 0. The van der Waals surface area contributed by atoms with E-state index in [4.69, 9.17) is 44.4 Å². The maximum Gasteiger partial charge on any atom is 0.280 e. The van der Waals surface area contributed by atoms with E-state index in [-0.39, 0.29) is 17.9 Å². The number of rotatable bonds is 4. The molecule has 1 aliphatic carbocycles. The minimum Gasteiger partial charge on any atom is -0.360 e. The number of halogens is 3. The second-order valence-corrected chi connectivity index (χ2v) is 11.1. The zero-order valence-electron chi connectivity index (χ0n) is 21.1. The van der Waals surface area contributed by atoms with Crippen LogP contribution >= 0.6 is 34.8 Å². The molecule has 0 saturated heterocycles. The number of carbonyl (C=O) groups excluding carboxylic acids is 1. The number of benzene rings is 3. The van der Waals surface area contributed by atoms with Gasteiger partial charge in [-0.05, 0) is 79.3 Å². The highest BCUT2D eigenvalue weighted by atomic mass is 35.5. The van der Waals surface area contributed by atoms with Crippen molar-refractivity contribution in [3.05, 3.63) is 116 Å². The van der Waals surface area contributed by atoms with Crippen molar-refractivity contribution < 1.29 is 9.32 Å². The summed E-state index contributed by atoms with van der Waals surface area (Å²) in [6, 6.07) is 22.4. The van der Waals surface area contributed by atoms with Gasteiger partial charge in [0.2, 0.25) is 0 Å². The molecule has 6 rings (SSSR count). The van der Waals surface area contributed by atoms with Crippen molar-refractivity contribution in [2.24, 2.45) is 11.0 Å². The Balaban J connectivity index is 1.47. The van der Waals surface area contributed by atoms with Gasteiger partial charge in [-0.25, -0.2) is 5.01 Å². The third kappa shape index (κ3) is 4.91. The number of hydrogen-bond donors (Lipinski definition) is 0. The molecule has 0 unspecified atom stereocenters. The lowest BCUT2D eigenvalue weighted by Crippen LogP contribution is -2.32. The Kier molecular flexibility index (Phi) is 7.06. The smallest absolute Gasteiger partial charge is 0.280 e. The van der Waals surface area contributed by atoms with Gasteiger partial charge in [-0.3, -0.25) is 4.79 Å². The fourth-order valence-electron chi connectivity index (χ4n) is 5.50. The van der Waals surface area contributed by atoms with Crippen LogP contribution in [0.2, 0.25) is 15.1 Å². The van der Waals surface area contributed by atoms with E-state index in [1.54, 1.807) is 18.0 Å². The van der Waals surface area contributed by atoms with E-state index in [2.05, 4.69) is 11.2 Å². The predicted octanol–water partition coefficient (Wildman–Crippen LogP) is 9.05. The number of amides is 1. The van der Waals surface area contributed by atoms with Crippen LogP contribution in [0.5, 0.6) is 0 Å². The van der Waals surface area contributed by atoms with Gasteiger partial charge >= 0.3 is 0 Å². The molecule has 0 radical (unpaired) electrons. The quantitative estimate of drug-likeness (QED) is 0.243. The molecule has 2 aliphatic rings. The van der Waals surface area contributed by atoms with Crippen LogP contribution in [0.1, 0.15) is 52.5 Å². The van der Waals surface area contributed by atoms with Crippen LogP contribution in [0.4, 0.5) is 0 Å². The zero-order chi connectivity index (χ0) is 27.1. The van der Waals surface area contributed by atoms with Gasteiger partial charge in [0.25, 0.3) is 5.91 Å². The van der Waals surface area contributed by atoms with E-state index < -0.39 is 0 Å². The molecule has 196 valence electrons. The molecule has 2 atom stereocenters. The molecule has 1 aromatic heterocycles.